The molecule has 1 aliphatic heterocycles. The highest BCUT2D eigenvalue weighted by Gasteiger charge is 2.20. The first-order chi connectivity index (χ1) is 12.5. The Kier molecular flexibility index (Phi) is 5.93. The van der Waals surface area contributed by atoms with Gasteiger partial charge in [-0.2, -0.15) is 0 Å². The van der Waals surface area contributed by atoms with Crippen molar-refractivity contribution in [1.82, 2.24) is 9.80 Å². The summed E-state index contributed by atoms with van der Waals surface area (Å²) in [4.78, 5) is 27.7. The van der Waals surface area contributed by atoms with Crippen molar-refractivity contribution < 1.29 is 9.59 Å². The molecule has 0 radical (unpaired) electrons. The van der Waals surface area contributed by atoms with E-state index >= 15 is 0 Å². The van der Waals surface area contributed by atoms with E-state index in [0.29, 0.717) is 19.5 Å². The lowest BCUT2D eigenvalue weighted by atomic mass is 10.2. The number of amides is 3. The molecule has 0 unspecified atom stereocenters. The first kappa shape index (κ1) is 18.5. The topological polar surface area (TPSA) is 52.7 Å². The maximum absolute atomic E-state index is 12.5. The summed E-state index contributed by atoms with van der Waals surface area (Å²) in [5, 5.41) is 2.93. The van der Waals surface area contributed by atoms with E-state index in [4.69, 9.17) is 0 Å². The van der Waals surface area contributed by atoms with Crippen LogP contribution in [-0.4, -0.2) is 35.3 Å². The highest BCUT2D eigenvalue weighted by atomic mass is 79.9. The van der Waals surface area contributed by atoms with E-state index in [9.17, 15) is 9.59 Å². The Balaban J connectivity index is 1.61. The molecule has 1 heterocycles. The molecule has 0 aromatic heterocycles. The minimum atomic E-state index is -0.171. The average Bonchev–Trinajstić information content (AvgIpc) is 3.02. The van der Waals surface area contributed by atoms with Gasteiger partial charge in [0.05, 0.1) is 0 Å². The van der Waals surface area contributed by atoms with Gasteiger partial charge in [-0.15, -0.1) is 0 Å². The van der Waals surface area contributed by atoms with Gasteiger partial charge in [0.1, 0.15) is 0 Å². The van der Waals surface area contributed by atoms with E-state index in [0.717, 1.165) is 34.3 Å². The van der Waals surface area contributed by atoms with Gasteiger partial charge in [0.15, 0.2) is 0 Å². The Bertz CT molecular complexity index is 809. The van der Waals surface area contributed by atoms with E-state index < -0.39 is 0 Å². The normalized spacial score (nSPS) is 13.8. The molecule has 2 aromatic carbocycles. The van der Waals surface area contributed by atoms with Crippen molar-refractivity contribution in [2.24, 2.45) is 0 Å². The van der Waals surface area contributed by atoms with E-state index in [2.05, 4.69) is 21.2 Å². The number of carbonyl (C=O) groups is 2. The molecule has 1 fully saturated rings. The van der Waals surface area contributed by atoms with Crippen LogP contribution in [0.3, 0.4) is 0 Å². The van der Waals surface area contributed by atoms with Gasteiger partial charge in [-0.25, -0.2) is 4.79 Å². The summed E-state index contributed by atoms with van der Waals surface area (Å²) in [6.07, 6.45) is 1.56. The molecule has 3 amide bonds. The maximum Gasteiger partial charge on any atom is 0.321 e. The van der Waals surface area contributed by atoms with Crippen molar-refractivity contribution >= 4 is 33.6 Å². The lowest BCUT2D eigenvalue weighted by Gasteiger charge is -2.20. The minimum Gasteiger partial charge on any atom is -0.338 e. The third-order valence-electron chi connectivity index (χ3n) is 4.44. The van der Waals surface area contributed by atoms with E-state index in [1.807, 2.05) is 53.4 Å². The molecule has 136 valence electrons. The third kappa shape index (κ3) is 4.64. The summed E-state index contributed by atoms with van der Waals surface area (Å²) in [7, 11) is 1.77. The quantitative estimate of drug-likeness (QED) is 0.793. The average molecular weight is 416 g/mol. The Morgan fingerprint density at radius 3 is 2.77 bits per heavy atom. The molecular formula is C20H22BrN3O2. The summed E-state index contributed by atoms with van der Waals surface area (Å²) in [6, 6.07) is 15.3. The number of nitrogens with one attached hydrogen (secondary N) is 1. The van der Waals surface area contributed by atoms with Crippen LogP contribution in [0.2, 0.25) is 0 Å². The van der Waals surface area contributed by atoms with Gasteiger partial charge >= 0.3 is 6.03 Å². The Hall–Kier alpha value is -2.34. The second-order valence-electron chi connectivity index (χ2n) is 6.50. The van der Waals surface area contributed by atoms with Crippen LogP contribution in [0.4, 0.5) is 10.5 Å². The van der Waals surface area contributed by atoms with Gasteiger partial charge in [-0.05, 0) is 35.7 Å². The first-order valence-electron chi connectivity index (χ1n) is 8.65. The van der Waals surface area contributed by atoms with Crippen LogP contribution < -0.4 is 5.32 Å². The number of rotatable bonds is 5. The van der Waals surface area contributed by atoms with Crippen LogP contribution in [0.5, 0.6) is 0 Å². The lowest BCUT2D eigenvalue weighted by molar-refractivity contribution is -0.128. The highest BCUT2D eigenvalue weighted by molar-refractivity contribution is 9.10. The summed E-state index contributed by atoms with van der Waals surface area (Å²) < 4.78 is 0.983. The molecule has 0 saturated carbocycles. The zero-order valence-electron chi connectivity index (χ0n) is 14.7. The number of halogens is 1. The first-order valence-corrected chi connectivity index (χ1v) is 9.44. The molecular weight excluding hydrogens is 394 g/mol. The van der Waals surface area contributed by atoms with Gasteiger partial charge in [-0.3, -0.25) is 4.79 Å². The van der Waals surface area contributed by atoms with Gasteiger partial charge in [-0.1, -0.05) is 46.3 Å². The number of hydrogen-bond acceptors (Lipinski definition) is 2. The highest BCUT2D eigenvalue weighted by Crippen LogP contribution is 2.19. The SMILES string of the molecule is CN(Cc1ccccc1Br)C(=O)Nc1cccc(CN2CCCC2=O)c1. The minimum absolute atomic E-state index is 0.171. The summed E-state index contributed by atoms with van der Waals surface area (Å²) in [5.74, 6) is 0.201. The second kappa shape index (κ2) is 8.36. The number of carbonyl (C=O) groups excluding carboxylic acids is 2. The molecule has 6 heteroatoms. The molecule has 5 nitrogen and oxygen atoms in total. The Morgan fingerprint density at radius 2 is 2.04 bits per heavy atom. The van der Waals surface area contributed by atoms with Crippen molar-refractivity contribution in [3.05, 3.63) is 64.1 Å². The number of hydrogen-bond donors (Lipinski definition) is 1. The van der Waals surface area contributed by atoms with Crippen molar-refractivity contribution in [3.63, 3.8) is 0 Å². The largest absolute Gasteiger partial charge is 0.338 e. The summed E-state index contributed by atoms with van der Waals surface area (Å²) in [5.41, 5.74) is 2.80. The predicted molar refractivity (Wildman–Crippen MR) is 106 cm³/mol. The fourth-order valence-electron chi connectivity index (χ4n) is 3.01. The molecule has 0 atom stereocenters. The van der Waals surface area contributed by atoms with E-state index in [1.165, 1.54) is 0 Å². The zero-order chi connectivity index (χ0) is 18.5. The summed E-state index contributed by atoms with van der Waals surface area (Å²) in [6.45, 7) is 1.91. The van der Waals surface area contributed by atoms with Crippen LogP contribution in [0.1, 0.15) is 24.0 Å². The van der Waals surface area contributed by atoms with E-state index in [1.54, 1.807) is 11.9 Å². The van der Waals surface area contributed by atoms with Crippen molar-refractivity contribution in [2.45, 2.75) is 25.9 Å². The fourth-order valence-corrected chi connectivity index (χ4v) is 3.42. The molecule has 1 aliphatic rings. The number of urea groups is 1. The molecule has 26 heavy (non-hydrogen) atoms. The number of anilines is 1. The zero-order valence-corrected chi connectivity index (χ0v) is 16.3. The van der Waals surface area contributed by atoms with Crippen LogP contribution in [0.15, 0.2) is 53.0 Å². The van der Waals surface area contributed by atoms with Gasteiger partial charge in [0.25, 0.3) is 0 Å². The van der Waals surface area contributed by atoms with Crippen molar-refractivity contribution in [2.75, 3.05) is 18.9 Å². The van der Waals surface area contributed by atoms with Crippen molar-refractivity contribution in [3.8, 4) is 0 Å². The second-order valence-corrected chi connectivity index (χ2v) is 7.35. The maximum atomic E-state index is 12.5. The van der Waals surface area contributed by atoms with Crippen LogP contribution in [0, 0.1) is 0 Å². The van der Waals surface area contributed by atoms with Gasteiger partial charge < -0.3 is 15.1 Å². The molecule has 0 bridgehead atoms. The molecule has 1 saturated heterocycles. The smallest absolute Gasteiger partial charge is 0.321 e. The molecule has 0 aliphatic carbocycles. The lowest BCUT2D eigenvalue weighted by Crippen LogP contribution is -2.31. The van der Waals surface area contributed by atoms with Gasteiger partial charge in [0.2, 0.25) is 5.91 Å². The van der Waals surface area contributed by atoms with Gasteiger partial charge in [0, 0.05) is 43.3 Å². The summed E-state index contributed by atoms with van der Waals surface area (Å²) >= 11 is 3.51. The van der Waals surface area contributed by atoms with Crippen molar-refractivity contribution in [1.29, 1.82) is 0 Å². The number of nitrogens with zero attached hydrogens (tertiary/aromatic N) is 2. The number of likely N-dealkylation sites (tertiary alicyclic amines) is 1. The predicted octanol–water partition coefficient (Wildman–Crippen LogP) is 4.24. The third-order valence-corrected chi connectivity index (χ3v) is 5.21. The Labute approximate surface area is 162 Å². The van der Waals surface area contributed by atoms with Crippen LogP contribution in [-0.2, 0) is 17.9 Å². The molecule has 1 N–H and O–H groups in total. The molecule has 3 rings (SSSR count). The number of benzene rings is 2. The van der Waals surface area contributed by atoms with E-state index in [-0.39, 0.29) is 11.9 Å². The molecule has 0 spiro atoms. The fraction of sp³-hybridized carbons (Fsp3) is 0.300. The Morgan fingerprint density at radius 1 is 1.23 bits per heavy atom. The van der Waals surface area contributed by atoms with Crippen LogP contribution >= 0.6 is 15.9 Å². The molecule has 2 aromatic rings. The monoisotopic (exact) mass is 415 g/mol. The standard InChI is InChI=1S/C20H22BrN3O2/c1-23(14-16-7-2-3-9-18(16)21)20(26)22-17-8-4-6-15(12-17)13-24-11-5-10-19(24)25/h2-4,6-9,12H,5,10-11,13-14H2,1H3,(H,22,26). The van der Waals surface area contributed by atoms with Crippen LogP contribution in [0.25, 0.3) is 0 Å².